The lowest BCUT2D eigenvalue weighted by molar-refractivity contribution is -0.187. The van der Waals surface area contributed by atoms with Gasteiger partial charge in [-0.05, 0) is 29.8 Å². The molecule has 1 aromatic carbocycles. The topological polar surface area (TPSA) is 82.6 Å². The van der Waals surface area contributed by atoms with Gasteiger partial charge >= 0.3 is 0 Å². The highest BCUT2D eigenvalue weighted by Crippen LogP contribution is 2.44. The lowest BCUT2D eigenvalue weighted by Gasteiger charge is -2.42. The molecule has 3 aliphatic rings. The largest absolute Gasteiger partial charge is 0.461 e. The number of fused-ring (bicyclic) bond motifs is 1. The smallest absolute Gasteiger partial charge is 0.264 e. The molecule has 5 heterocycles. The first-order valence-electron chi connectivity index (χ1n) is 10.6. The van der Waals surface area contributed by atoms with E-state index in [0.717, 1.165) is 31.5 Å². The fraction of sp³-hybridized carbons (Fsp3) is 0.409. The van der Waals surface area contributed by atoms with Crippen LogP contribution in [-0.4, -0.2) is 62.9 Å². The van der Waals surface area contributed by atoms with Gasteiger partial charge in [0.1, 0.15) is 5.25 Å². The van der Waals surface area contributed by atoms with Crippen molar-refractivity contribution in [2.75, 3.05) is 26.3 Å². The minimum Gasteiger partial charge on any atom is -0.461 e. The molecule has 32 heavy (non-hydrogen) atoms. The Labute approximate surface area is 193 Å². The normalized spacial score (nSPS) is 23.7. The minimum absolute atomic E-state index is 0.0797. The number of hydrogen-bond donors (Lipinski definition) is 0. The fourth-order valence-electron chi connectivity index (χ4n) is 4.68. The van der Waals surface area contributed by atoms with E-state index >= 15 is 0 Å². The van der Waals surface area contributed by atoms with Gasteiger partial charge in [0.2, 0.25) is 5.82 Å². The molecule has 0 N–H and O–H groups in total. The van der Waals surface area contributed by atoms with Crippen molar-refractivity contribution in [2.45, 2.75) is 35.1 Å². The summed E-state index contributed by atoms with van der Waals surface area (Å²) in [5.41, 5.74) is 1.04. The minimum atomic E-state index is -0.472. The van der Waals surface area contributed by atoms with Crippen LogP contribution in [0.5, 0.6) is 0 Å². The number of piperidine rings is 1. The van der Waals surface area contributed by atoms with E-state index in [1.807, 2.05) is 24.3 Å². The van der Waals surface area contributed by atoms with Crippen molar-refractivity contribution >= 4 is 29.3 Å². The van der Waals surface area contributed by atoms with Crippen molar-refractivity contribution in [1.82, 2.24) is 19.7 Å². The Hall–Kier alpha value is -2.17. The summed E-state index contributed by atoms with van der Waals surface area (Å²) in [7, 11) is 0. The Balaban J connectivity index is 1.29. The predicted molar refractivity (Wildman–Crippen MR) is 118 cm³/mol. The molecule has 2 atom stereocenters. The van der Waals surface area contributed by atoms with Gasteiger partial charge in [-0.1, -0.05) is 35.5 Å². The van der Waals surface area contributed by atoms with Gasteiger partial charge in [0.25, 0.3) is 5.91 Å². The summed E-state index contributed by atoms with van der Waals surface area (Å²) in [5, 5.41) is 5.31. The quantitative estimate of drug-likeness (QED) is 0.565. The molecule has 2 fully saturated rings. The molecule has 0 amide bonds. The predicted octanol–water partition coefficient (Wildman–Crippen LogP) is 3.89. The Bertz CT molecular complexity index is 1120. The molecular formula is C22H21ClN4O4S. The molecule has 0 radical (unpaired) electrons. The molecule has 1 spiro atoms. The van der Waals surface area contributed by atoms with E-state index < -0.39 is 5.79 Å². The lowest BCUT2D eigenvalue weighted by atomic mass is 9.96. The zero-order valence-electron chi connectivity index (χ0n) is 17.1. The van der Waals surface area contributed by atoms with Gasteiger partial charge in [0.15, 0.2) is 16.7 Å². The highest BCUT2D eigenvalue weighted by atomic mass is 35.5. The standard InChI is InChI=1S/C22H21ClN4O4S/c23-15-5-3-14(4-6-15)17(26-9-7-22(8-10-26)30-12-13-31-22)18-20(28)27-21(32-18)24-19(25-27)16-2-1-11-29-16/h1-6,11,17-18H,7-10,12-13H2. The number of aromatic nitrogens is 3. The average molecular weight is 473 g/mol. The maximum atomic E-state index is 13.5. The van der Waals surface area contributed by atoms with Crippen LogP contribution in [0.3, 0.4) is 0 Å². The second kappa shape index (κ2) is 8.00. The first kappa shape index (κ1) is 20.4. The van der Waals surface area contributed by atoms with E-state index in [2.05, 4.69) is 15.0 Å². The van der Waals surface area contributed by atoms with Gasteiger partial charge in [-0.2, -0.15) is 9.67 Å². The van der Waals surface area contributed by atoms with E-state index in [1.54, 1.807) is 18.4 Å². The monoisotopic (exact) mass is 472 g/mol. The third-order valence-electron chi connectivity index (χ3n) is 6.27. The third kappa shape index (κ3) is 3.48. The zero-order chi connectivity index (χ0) is 21.7. The molecule has 3 aromatic rings. The Kier molecular flexibility index (Phi) is 5.11. The van der Waals surface area contributed by atoms with Gasteiger partial charge in [-0.25, -0.2) is 0 Å². The van der Waals surface area contributed by atoms with Gasteiger partial charge in [-0.3, -0.25) is 9.69 Å². The first-order chi connectivity index (χ1) is 15.6. The van der Waals surface area contributed by atoms with E-state index in [-0.39, 0.29) is 17.2 Å². The summed E-state index contributed by atoms with van der Waals surface area (Å²) in [6.45, 7) is 2.82. The molecule has 2 aromatic heterocycles. The van der Waals surface area contributed by atoms with Crippen molar-refractivity contribution in [3.63, 3.8) is 0 Å². The number of hydrogen-bond acceptors (Lipinski definition) is 8. The first-order valence-corrected chi connectivity index (χ1v) is 11.9. The van der Waals surface area contributed by atoms with Crippen LogP contribution < -0.4 is 0 Å². The molecule has 2 saturated heterocycles. The van der Waals surface area contributed by atoms with Crippen LogP contribution in [0.4, 0.5) is 0 Å². The van der Waals surface area contributed by atoms with E-state index in [1.165, 1.54) is 16.4 Å². The van der Waals surface area contributed by atoms with Crippen LogP contribution in [-0.2, 0) is 9.47 Å². The number of benzene rings is 1. The molecular weight excluding hydrogens is 452 g/mol. The number of carbonyl (C=O) groups is 1. The van der Waals surface area contributed by atoms with Crippen molar-refractivity contribution in [3.05, 3.63) is 53.2 Å². The van der Waals surface area contributed by atoms with E-state index in [4.69, 9.17) is 25.5 Å². The number of rotatable bonds is 4. The van der Waals surface area contributed by atoms with Crippen molar-refractivity contribution in [1.29, 1.82) is 0 Å². The third-order valence-corrected chi connectivity index (χ3v) is 7.71. The van der Waals surface area contributed by atoms with E-state index in [9.17, 15) is 4.79 Å². The van der Waals surface area contributed by atoms with Gasteiger partial charge in [-0.15, -0.1) is 5.10 Å². The summed E-state index contributed by atoms with van der Waals surface area (Å²) < 4.78 is 18.6. The van der Waals surface area contributed by atoms with Crippen molar-refractivity contribution in [2.24, 2.45) is 0 Å². The number of likely N-dealkylation sites (tertiary alicyclic amines) is 1. The van der Waals surface area contributed by atoms with Crippen LogP contribution >= 0.6 is 23.4 Å². The molecule has 166 valence electrons. The number of halogens is 1. The van der Waals surface area contributed by atoms with Crippen molar-refractivity contribution in [3.8, 4) is 11.6 Å². The summed E-state index contributed by atoms with van der Waals surface area (Å²) >= 11 is 7.59. The summed E-state index contributed by atoms with van der Waals surface area (Å²) in [6.07, 6.45) is 3.11. The number of ether oxygens (including phenoxy) is 2. The Morgan fingerprint density at radius 1 is 1.12 bits per heavy atom. The molecule has 6 rings (SSSR count). The molecule has 2 unspecified atom stereocenters. The second-order valence-electron chi connectivity index (χ2n) is 8.12. The maximum absolute atomic E-state index is 13.5. The SMILES string of the molecule is O=C1C(C(c2ccc(Cl)cc2)N2CCC3(CC2)OCCO3)Sc2nc(-c3ccco3)nn21. The fourth-order valence-corrected chi connectivity index (χ4v) is 6.06. The molecule has 8 nitrogen and oxygen atoms in total. The number of furan rings is 1. The van der Waals surface area contributed by atoms with Crippen LogP contribution in [0, 0.1) is 0 Å². The highest BCUT2D eigenvalue weighted by molar-refractivity contribution is 8.00. The molecule has 10 heteroatoms. The summed E-state index contributed by atoms with van der Waals surface area (Å²) in [4.78, 5) is 20.4. The van der Waals surface area contributed by atoms with Crippen LogP contribution in [0.15, 0.2) is 52.2 Å². The van der Waals surface area contributed by atoms with Crippen LogP contribution in [0.25, 0.3) is 11.6 Å². The lowest BCUT2D eigenvalue weighted by Crippen LogP contribution is -2.49. The van der Waals surface area contributed by atoms with Crippen LogP contribution in [0.1, 0.15) is 29.2 Å². The Morgan fingerprint density at radius 3 is 2.53 bits per heavy atom. The highest BCUT2D eigenvalue weighted by Gasteiger charge is 2.47. The molecule has 0 bridgehead atoms. The van der Waals surface area contributed by atoms with Crippen LogP contribution in [0.2, 0.25) is 5.02 Å². The van der Waals surface area contributed by atoms with Gasteiger partial charge in [0.05, 0.1) is 25.5 Å². The Morgan fingerprint density at radius 2 is 1.88 bits per heavy atom. The molecule has 0 saturated carbocycles. The molecule has 0 aliphatic carbocycles. The summed E-state index contributed by atoms with van der Waals surface area (Å²) in [5.74, 6) is 0.413. The average Bonchev–Trinajstić information content (AvgIpc) is 3.59. The zero-order valence-corrected chi connectivity index (χ0v) is 18.7. The van der Waals surface area contributed by atoms with E-state index in [0.29, 0.717) is 35.0 Å². The number of nitrogens with zero attached hydrogens (tertiary/aromatic N) is 4. The van der Waals surface area contributed by atoms with Gasteiger partial charge in [0, 0.05) is 31.0 Å². The maximum Gasteiger partial charge on any atom is 0.264 e. The summed E-state index contributed by atoms with van der Waals surface area (Å²) in [6, 6.07) is 11.1. The second-order valence-corrected chi connectivity index (χ2v) is 9.67. The molecule has 3 aliphatic heterocycles. The van der Waals surface area contributed by atoms with Gasteiger partial charge < -0.3 is 13.9 Å². The van der Waals surface area contributed by atoms with Crippen molar-refractivity contribution < 1.29 is 18.7 Å². The number of carbonyl (C=O) groups excluding carboxylic acids is 1. The number of thioether (sulfide) groups is 1.